The largest absolute Gasteiger partial charge is 0.370 e. The van der Waals surface area contributed by atoms with E-state index in [0.717, 1.165) is 13.0 Å². The molecule has 0 saturated heterocycles. The molecule has 0 amide bonds. The lowest BCUT2D eigenvalue weighted by Gasteiger charge is -1.95. The van der Waals surface area contributed by atoms with E-state index in [1.165, 1.54) is 5.65 Å². The zero-order valence-corrected chi connectivity index (χ0v) is 9.37. The predicted octanol–water partition coefficient (Wildman–Crippen LogP) is -0.771. The van der Waals surface area contributed by atoms with Crippen molar-refractivity contribution in [3.8, 4) is 0 Å². The Morgan fingerprint density at radius 2 is 2.25 bits per heavy atom. The van der Waals surface area contributed by atoms with Gasteiger partial charge in [-0.1, -0.05) is 0 Å². The minimum Gasteiger partial charge on any atom is -0.370 e. The van der Waals surface area contributed by atoms with Crippen LogP contribution in [0.3, 0.4) is 0 Å². The van der Waals surface area contributed by atoms with Crippen LogP contribution in [-0.4, -0.2) is 21.7 Å². The Labute approximate surface area is 93.8 Å². The molecule has 2 rings (SSSR count). The molecule has 6 nitrogen and oxygen atoms in total. The average molecular weight is 221 g/mol. The summed E-state index contributed by atoms with van der Waals surface area (Å²) >= 11 is 0. The van der Waals surface area contributed by atoms with Gasteiger partial charge in [-0.05, 0) is 0 Å². The molecule has 86 valence electrons. The Hall–Kier alpha value is -1.98. The third-order valence-electron chi connectivity index (χ3n) is 2.55. The van der Waals surface area contributed by atoms with Crippen molar-refractivity contribution in [1.29, 1.82) is 0 Å². The van der Waals surface area contributed by atoms with Crippen LogP contribution < -0.4 is 16.0 Å². The summed E-state index contributed by atoms with van der Waals surface area (Å²) in [6.07, 6.45) is 7.06. The van der Waals surface area contributed by atoms with E-state index < -0.39 is 0 Å². The smallest absolute Gasteiger partial charge is 0.306 e. The quantitative estimate of drug-likeness (QED) is 0.308. The zero-order valence-electron chi connectivity index (χ0n) is 9.37. The molecule has 0 aliphatic carbocycles. The monoisotopic (exact) mass is 221 g/mol. The highest BCUT2D eigenvalue weighted by Crippen LogP contribution is 1.98. The summed E-state index contributed by atoms with van der Waals surface area (Å²) in [5.74, 6) is 0.159. The van der Waals surface area contributed by atoms with Gasteiger partial charge in [0.05, 0.1) is 6.54 Å². The lowest BCUT2D eigenvalue weighted by atomic mass is 10.4. The molecule has 0 aliphatic heterocycles. The van der Waals surface area contributed by atoms with Crippen LogP contribution in [0.15, 0.2) is 29.6 Å². The van der Waals surface area contributed by atoms with Gasteiger partial charge in [-0.25, -0.2) is 9.25 Å². The maximum Gasteiger partial charge on any atom is 0.306 e. The van der Waals surface area contributed by atoms with E-state index in [-0.39, 0.29) is 5.96 Å². The topological polar surface area (TPSA) is 77.6 Å². The fraction of sp³-hybridized carbons (Fsp3) is 0.400. The molecular formula is C10H17N6+. The van der Waals surface area contributed by atoms with E-state index in [1.807, 2.05) is 24.1 Å². The molecule has 2 aromatic rings. The minimum atomic E-state index is 0.159. The van der Waals surface area contributed by atoms with Gasteiger partial charge >= 0.3 is 5.65 Å². The molecule has 0 radical (unpaired) electrons. The molecule has 6 heteroatoms. The molecule has 2 heterocycles. The van der Waals surface area contributed by atoms with Crippen molar-refractivity contribution in [3.63, 3.8) is 0 Å². The molecule has 0 aromatic carbocycles. The molecule has 0 fully saturated rings. The molecule has 0 spiro atoms. The summed E-state index contributed by atoms with van der Waals surface area (Å²) in [7, 11) is 2.01. The van der Waals surface area contributed by atoms with E-state index in [9.17, 15) is 0 Å². The minimum absolute atomic E-state index is 0.159. The predicted molar refractivity (Wildman–Crippen MR) is 61.9 cm³/mol. The summed E-state index contributed by atoms with van der Waals surface area (Å²) in [6.45, 7) is 1.58. The lowest BCUT2D eigenvalue weighted by Crippen LogP contribution is -2.32. The highest BCUT2D eigenvalue weighted by molar-refractivity contribution is 5.75. The number of hydrogen-bond acceptors (Lipinski definition) is 1. The fourth-order valence-corrected chi connectivity index (χ4v) is 1.75. The van der Waals surface area contributed by atoms with Crippen LogP contribution in [-0.2, 0) is 13.6 Å². The van der Waals surface area contributed by atoms with Gasteiger partial charge in [0.25, 0.3) is 0 Å². The number of guanidine groups is 1. The van der Waals surface area contributed by atoms with Crippen molar-refractivity contribution in [3.05, 3.63) is 24.7 Å². The van der Waals surface area contributed by atoms with E-state index in [2.05, 4.69) is 26.3 Å². The van der Waals surface area contributed by atoms with Crippen molar-refractivity contribution in [1.82, 2.24) is 9.20 Å². The number of hydrogen-bond donors (Lipinski definition) is 2. The molecule has 0 aliphatic rings. The molecule has 0 bridgehead atoms. The van der Waals surface area contributed by atoms with Crippen LogP contribution in [0.2, 0.25) is 0 Å². The van der Waals surface area contributed by atoms with Crippen LogP contribution in [0.25, 0.3) is 5.65 Å². The second-order valence-corrected chi connectivity index (χ2v) is 3.74. The van der Waals surface area contributed by atoms with Crippen molar-refractivity contribution in [2.24, 2.45) is 23.5 Å². The first-order valence-corrected chi connectivity index (χ1v) is 5.26. The normalized spacial score (nSPS) is 10.8. The number of imidazole rings is 1. The maximum atomic E-state index is 5.26. The zero-order chi connectivity index (χ0) is 11.5. The SMILES string of the molecule is Cn1ccc2n1cc[n+]2CCCN=C(N)N. The second kappa shape index (κ2) is 4.26. The third kappa shape index (κ3) is 2.00. The fourth-order valence-electron chi connectivity index (χ4n) is 1.75. The van der Waals surface area contributed by atoms with Crippen LogP contribution >= 0.6 is 0 Å². The number of fused-ring (bicyclic) bond motifs is 1. The van der Waals surface area contributed by atoms with Crippen molar-refractivity contribution in [2.45, 2.75) is 13.0 Å². The first kappa shape index (κ1) is 10.5. The van der Waals surface area contributed by atoms with Crippen molar-refractivity contribution < 1.29 is 4.57 Å². The second-order valence-electron chi connectivity index (χ2n) is 3.74. The summed E-state index contributed by atoms with van der Waals surface area (Å²) in [5, 5.41) is 0. The van der Waals surface area contributed by atoms with E-state index in [0.29, 0.717) is 6.54 Å². The molecule has 16 heavy (non-hydrogen) atoms. The number of nitrogens with two attached hydrogens (primary N) is 2. The van der Waals surface area contributed by atoms with Crippen LogP contribution in [0.4, 0.5) is 0 Å². The Kier molecular flexibility index (Phi) is 2.80. The average Bonchev–Trinajstić information content (AvgIpc) is 2.78. The molecule has 0 unspecified atom stereocenters. The number of aryl methyl sites for hydroxylation is 2. The van der Waals surface area contributed by atoms with Crippen LogP contribution in [0, 0.1) is 0 Å². The van der Waals surface area contributed by atoms with Gasteiger partial charge in [0.1, 0.15) is 6.20 Å². The van der Waals surface area contributed by atoms with Gasteiger partial charge < -0.3 is 11.5 Å². The Morgan fingerprint density at radius 1 is 1.44 bits per heavy atom. The number of rotatable bonds is 4. The number of nitrogens with zero attached hydrogens (tertiary/aromatic N) is 4. The molecular weight excluding hydrogens is 204 g/mol. The highest BCUT2D eigenvalue weighted by atomic mass is 15.4. The Morgan fingerprint density at radius 3 is 3.00 bits per heavy atom. The van der Waals surface area contributed by atoms with Gasteiger partial charge in [-0.3, -0.25) is 4.99 Å². The van der Waals surface area contributed by atoms with E-state index >= 15 is 0 Å². The molecule has 2 aromatic heterocycles. The van der Waals surface area contributed by atoms with Gasteiger partial charge in [-0.15, -0.1) is 4.52 Å². The van der Waals surface area contributed by atoms with E-state index in [4.69, 9.17) is 11.5 Å². The van der Waals surface area contributed by atoms with Crippen molar-refractivity contribution >= 4 is 11.6 Å². The van der Waals surface area contributed by atoms with Gasteiger partial charge in [0, 0.05) is 32.3 Å². The van der Waals surface area contributed by atoms with Gasteiger partial charge in [-0.2, -0.15) is 0 Å². The maximum absolute atomic E-state index is 5.26. The lowest BCUT2D eigenvalue weighted by molar-refractivity contribution is -0.671. The van der Waals surface area contributed by atoms with Gasteiger partial charge in [0.15, 0.2) is 12.2 Å². The standard InChI is InChI=1S/C10H17N6/c1-14-6-3-9-15(7-8-16(9)14)5-2-4-13-10(11)12/h3,6-8H,2,4-5H2,1H3,(H4,11,12,13)/q+1. The van der Waals surface area contributed by atoms with Gasteiger partial charge in [0.2, 0.25) is 0 Å². The van der Waals surface area contributed by atoms with E-state index in [1.54, 1.807) is 0 Å². The first-order chi connectivity index (χ1) is 7.68. The summed E-state index contributed by atoms with van der Waals surface area (Å²) in [6, 6.07) is 2.08. The number of aromatic nitrogens is 3. The first-order valence-electron chi connectivity index (χ1n) is 5.26. The van der Waals surface area contributed by atoms with Crippen LogP contribution in [0.1, 0.15) is 6.42 Å². The Balaban J connectivity index is 2.02. The molecule has 4 N–H and O–H groups in total. The molecule has 0 atom stereocenters. The highest BCUT2D eigenvalue weighted by Gasteiger charge is 2.10. The Bertz CT molecular complexity index is 502. The van der Waals surface area contributed by atoms with Crippen molar-refractivity contribution in [2.75, 3.05) is 6.54 Å². The summed E-state index contributed by atoms with van der Waals surface area (Å²) in [5.41, 5.74) is 11.7. The third-order valence-corrected chi connectivity index (χ3v) is 2.55. The summed E-state index contributed by atoms with van der Waals surface area (Å²) < 4.78 is 6.30. The molecule has 0 saturated carbocycles. The summed E-state index contributed by atoms with van der Waals surface area (Å²) in [4.78, 5) is 3.96. The number of aliphatic imine (C=N–C) groups is 1. The van der Waals surface area contributed by atoms with Crippen LogP contribution in [0.5, 0.6) is 0 Å².